The number of rotatable bonds is 6. The highest BCUT2D eigenvalue weighted by Crippen LogP contribution is 2.22. The van der Waals surface area contributed by atoms with Crippen molar-refractivity contribution in [3.05, 3.63) is 75.8 Å². The zero-order valence-corrected chi connectivity index (χ0v) is 19.9. The number of nitrogens with zero attached hydrogens (tertiary/aromatic N) is 4. The molecule has 2 aromatic carbocycles. The summed E-state index contributed by atoms with van der Waals surface area (Å²) in [6, 6.07) is 15.5. The summed E-state index contributed by atoms with van der Waals surface area (Å²) in [5.41, 5.74) is 2.93. The molecule has 9 heteroatoms. The van der Waals surface area contributed by atoms with Crippen molar-refractivity contribution in [2.24, 2.45) is 0 Å². The van der Waals surface area contributed by atoms with Crippen molar-refractivity contribution in [2.45, 2.75) is 25.4 Å². The molecule has 0 unspecified atom stereocenters. The van der Waals surface area contributed by atoms with Gasteiger partial charge in [0.25, 0.3) is 0 Å². The fourth-order valence-electron chi connectivity index (χ4n) is 3.82. The molecule has 1 fully saturated rings. The Morgan fingerprint density at radius 2 is 1.75 bits per heavy atom. The number of H-pyrrole nitrogens is 1. The van der Waals surface area contributed by atoms with Crippen molar-refractivity contribution in [3.8, 4) is 0 Å². The first-order valence-corrected chi connectivity index (χ1v) is 12.4. The van der Waals surface area contributed by atoms with Crippen molar-refractivity contribution in [1.29, 1.82) is 0 Å². The summed E-state index contributed by atoms with van der Waals surface area (Å²) >= 11 is 5.40. The van der Waals surface area contributed by atoms with Gasteiger partial charge in [-0.2, -0.15) is 9.29 Å². The molecule has 0 saturated carbocycles. The van der Waals surface area contributed by atoms with Crippen molar-refractivity contribution in [3.63, 3.8) is 0 Å². The minimum Gasteiger partial charge on any atom is -0.282 e. The first-order valence-electron chi connectivity index (χ1n) is 10.5. The lowest BCUT2D eigenvalue weighted by Crippen LogP contribution is -2.49. The first kappa shape index (κ1) is 22.6. The molecule has 3 aromatic rings. The summed E-state index contributed by atoms with van der Waals surface area (Å²) in [6.07, 6.45) is 3.88. The van der Waals surface area contributed by atoms with Gasteiger partial charge in [0.2, 0.25) is 14.8 Å². The van der Waals surface area contributed by atoms with Crippen molar-refractivity contribution < 1.29 is 8.42 Å². The van der Waals surface area contributed by atoms with E-state index in [-0.39, 0.29) is 0 Å². The predicted octanol–water partition coefficient (Wildman–Crippen LogP) is 3.69. The largest absolute Gasteiger partial charge is 0.282 e. The Balaban J connectivity index is 1.39. The molecule has 7 nitrogen and oxygen atoms in total. The SMILES string of the molecule is Cc1ccc(S(=O)(=O)N2CCN(Cn3[nH]c(/C=C/c4ccccc4)nc3=S)CC2)c(C)c1. The zero-order valence-electron chi connectivity index (χ0n) is 18.2. The highest BCUT2D eigenvalue weighted by molar-refractivity contribution is 7.89. The molecular weight excluding hydrogens is 442 g/mol. The summed E-state index contributed by atoms with van der Waals surface area (Å²) in [6.45, 7) is 6.49. The maximum absolute atomic E-state index is 13.1. The molecule has 168 valence electrons. The van der Waals surface area contributed by atoms with E-state index in [9.17, 15) is 8.42 Å². The van der Waals surface area contributed by atoms with Gasteiger partial charge < -0.3 is 0 Å². The molecule has 4 rings (SSSR count). The maximum Gasteiger partial charge on any atom is 0.243 e. The predicted molar refractivity (Wildman–Crippen MR) is 129 cm³/mol. The minimum absolute atomic E-state index is 0.391. The average Bonchev–Trinajstić information content (AvgIpc) is 3.12. The van der Waals surface area contributed by atoms with E-state index in [1.165, 1.54) is 0 Å². The average molecular weight is 470 g/mol. The van der Waals surface area contributed by atoms with Crippen LogP contribution >= 0.6 is 12.2 Å². The standard InChI is InChI=1S/C23H27N5O2S2/c1-18-8-10-21(19(2)16-18)32(29,30)27-14-12-26(13-15-27)17-28-23(31)24-22(25-28)11-9-20-6-4-3-5-7-20/h3-11,16H,12-15,17H2,1-2H3,(H,24,25,31)/b11-9+. The van der Waals surface area contributed by atoms with Crippen LogP contribution in [0.25, 0.3) is 12.2 Å². The first-order chi connectivity index (χ1) is 15.3. The van der Waals surface area contributed by atoms with Crippen LogP contribution in [0.5, 0.6) is 0 Å². The van der Waals surface area contributed by atoms with Gasteiger partial charge in [-0.15, -0.1) is 0 Å². The highest BCUT2D eigenvalue weighted by atomic mass is 32.2. The molecule has 1 aromatic heterocycles. The lowest BCUT2D eigenvalue weighted by molar-refractivity contribution is 0.144. The van der Waals surface area contributed by atoms with E-state index in [1.807, 2.05) is 73.1 Å². The molecule has 1 aliphatic heterocycles. The van der Waals surface area contributed by atoms with Crippen LogP contribution in [0.2, 0.25) is 0 Å². The number of benzene rings is 2. The van der Waals surface area contributed by atoms with Crippen molar-refractivity contribution >= 4 is 34.4 Å². The second-order valence-corrected chi connectivity index (χ2v) is 10.3. The number of aryl methyl sites for hydroxylation is 2. The maximum atomic E-state index is 13.1. The summed E-state index contributed by atoms with van der Waals surface area (Å²) in [5, 5.41) is 3.22. The molecular formula is C23H27N5O2S2. The number of hydrogen-bond donors (Lipinski definition) is 1. The molecule has 0 radical (unpaired) electrons. The van der Waals surface area contributed by atoms with E-state index in [0.29, 0.717) is 48.3 Å². The van der Waals surface area contributed by atoms with E-state index >= 15 is 0 Å². The number of nitrogens with one attached hydrogen (secondary N) is 1. The Morgan fingerprint density at radius 1 is 1.03 bits per heavy atom. The van der Waals surface area contributed by atoms with Gasteiger partial charge in [-0.3, -0.25) is 10.00 Å². The Labute approximate surface area is 194 Å². The third-order valence-electron chi connectivity index (χ3n) is 5.55. The molecule has 0 bridgehead atoms. The van der Waals surface area contributed by atoms with E-state index < -0.39 is 10.0 Å². The second kappa shape index (κ2) is 9.50. The van der Waals surface area contributed by atoms with Crippen LogP contribution in [0, 0.1) is 18.6 Å². The zero-order chi connectivity index (χ0) is 22.7. The molecule has 32 heavy (non-hydrogen) atoms. The molecule has 0 amide bonds. The van der Waals surface area contributed by atoms with Crippen LogP contribution in [-0.2, 0) is 16.7 Å². The third-order valence-corrected chi connectivity index (χ3v) is 7.92. The molecule has 0 spiro atoms. The number of aromatic nitrogens is 3. The lowest BCUT2D eigenvalue weighted by Gasteiger charge is -2.34. The number of aromatic amines is 1. The van der Waals surface area contributed by atoms with E-state index in [4.69, 9.17) is 12.2 Å². The van der Waals surface area contributed by atoms with Crippen molar-refractivity contribution in [1.82, 2.24) is 24.0 Å². The molecule has 0 aliphatic carbocycles. The topological polar surface area (TPSA) is 74.2 Å². The Hall–Kier alpha value is -2.59. The second-order valence-electron chi connectivity index (χ2n) is 8.00. The summed E-state index contributed by atoms with van der Waals surface area (Å²) in [4.78, 5) is 6.97. The molecule has 1 saturated heterocycles. The fourth-order valence-corrected chi connectivity index (χ4v) is 5.65. The molecule has 1 aliphatic rings. The van der Waals surface area contributed by atoms with Crippen molar-refractivity contribution in [2.75, 3.05) is 26.2 Å². The van der Waals surface area contributed by atoms with Crippen LogP contribution in [0.15, 0.2) is 53.4 Å². The van der Waals surface area contributed by atoms with Gasteiger partial charge in [-0.05, 0) is 49.3 Å². The summed E-state index contributed by atoms with van der Waals surface area (Å²) in [5.74, 6) is 0.690. The molecule has 1 N–H and O–H groups in total. The lowest BCUT2D eigenvalue weighted by atomic mass is 10.2. The van der Waals surface area contributed by atoms with Gasteiger partial charge in [0.05, 0.1) is 11.6 Å². The minimum atomic E-state index is -3.49. The summed E-state index contributed by atoms with van der Waals surface area (Å²) in [7, 11) is -3.49. The number of hydrogen-bond acceptors (Lipinski definition) is 5. The quantitative estimate of drug-likeness (QED) is 0.558. The number of sulfonamides is 1. The van der Waals surface area contributed by atoms with E-state index in [0.717, 1.165) is 16.7 Å². The van der Waals surface area contributed by atoms with Gasteiger partial charge in [0.15, 0.2) is 0 Å². The van der Waals surface area contributed by atoms with E-state index in [2.05, 4.69) is 15.0 Å². The normalized spacial score (nSPS) is 16.1. The third kappa shape index (κ3) is 5.07. The number of piperazine rings is 1. The smallest absolute Gasteiger partial charge is 0.243 e. The highest BCUT2D eigenvalue weighted by Gasteiger charge is 2.29. The Bertz CT molecular complexity index is 1270. The molecule has 2 heterocycles. The van der Waals surface area contributed by atoms with Gasteiger partial charge in [0, 0.05) is 26.2 Å². The Morgan fingerprint density at radius 3 is 2.44 bits per heavy atom. The fraction of sp³-hybridized carbons (Fsp3) is 0.304. The van der Waals surface area contributed by atoms with Gasteiger partial charge in [0.1, 0.15) is 5.82 Å². The van der Waals surface area contributed by atoms with Crippen LogP contribution in [-0.4, -0.2) is 58.6 Å². The Kier molecular flexibility index (Phi) is 6.71. The van der Waals surface area contributed by atoms with E-state index in [1.54, 1.807) is 10.4 Å². The van der Waals surface area contributed by atoms with Gasteiger partial charge in [-0.25, -0.2) is 13.1 Å². The monoisotopic (exact) mass is 469 g/mol. The van der Waals surface area contributed by atoms with Crippen LogP contribution in [0.1, 0.15) is 22.5 Å². The van der Waals surface area contributed by atoms with Crippen LogP contribution < -0.4 is 0 Å². The van der Waals surface area contributed by atoms with Crippen LogP contribution in [0.3, 0.4) is 0 Å². The van der Waals surface area contributed by atoms with Gasteiger partial charge >= 0.3 is 0 Å². The summed E-state index contributed by atoms with van der Waals surface area (Å²) < 4.78 is 30.0. The van der Waals surface area contributed by atoms with Gasteiger partial charge in [-0.1, -0.05) is 54.1 Å². The molecule has 0 atom stereocenters. The van der Waals surface area contributed by atoms with Crippen LogP contribution in [0.4, 0.5) is 0 Å².